The third kappa shape index (κ3) is 4.76. The van der Waals surface area contributed by atoms with Crippen LogP contribution in [0.2, 0.25) is 0 Å². The number of hydrogen-bond donors (Lipinski definition) is 2. The maximum absolute atomic E-state index is 12.3. The number of hydrogen-bond acceptors (Lipinski definition) is 6. The lowest BCUT2D eigenvalue weighted by Crippen LogP contribution is -2.04. The molecule has 2 N–H and O–H groups in total. The van der Waals surface area contributed by atoms with Crippen LogP contribution in [0.25, 0.3) is 32.9 Å². The van der Waals surface area contributed by atoms with E-state index in [0.717, 1.165) is 5.56 Å². The summed E-state index contributed by atoms with van der Waals surface area (Å²) < 4.78 is 45.2. The molecule has 10 heteroatoms. The van der Waals surface area contributed by atoms with E-state index in [9.17, 15) is 13.8 Å². The number of aromatic nitrogens is 1. The van der Waals surface area contributed by atoms with Gasteiger partial charge in [0.25, 0.3) is 0 Å². The number of benzene rings is 3. The zero-order valence-corrected chi connectivity index (χ0v) is 17.8. The topological polar surface area (TPSA) is 123 Å². The summed E-state index contributed by atoms with van der Waals surface area (Å²) in [6.07, 6.45) is 0. The quantitative estimate of drug-likeness (QED) is 0.259. The average molecular weight is 459 g/mol. The summed E-state index contributed by atoms with van der Waals surface area (Å²) in [6, 6.07) is 18.5. The van der Waals surface area contributed by atoms with E-state index in [4.69, 9.17) is 27.4 Å². The van der Waals surface area contributed by atoms with E-state index < -0.39 is 16.5 Å². The monoisotopic (exact) mass is 459 g/mol. The molecule has 8 nitrogen and oxygen atoms in total. The summed E-state index contributed by atoms with van der Waals surface area (Å²) in [4.78, 5) is 17.0. The average Bonchev–Trinajstić information content (AvgIpc) is 2.75. The van der Waals surface area contributed by atoms with Gasteiger partial charge in [0.05, 0.1) is 30.8 Å². The predicted octanol–water partition coefficient (Wildman–Crippen LogP) is 4.53. The van der Waals surface area contributed by atoms with Gasteiger partial charge in [-0.25, -0.2) is 9.78 Å². The molecule has 0 aliphatic rings. The normalized spacial score (nSPS) is 11.0. The molecule has 0 spiro atoms. The predicted molar refractivity (Wildman–Crippen MR) is 117 cm³/mol. The molecule has 4 rings (SSSR count). The Labute approximate surface area is 182 Å². The number of para-hydroxylation sites is 1. The van der Waals surface area contributed by atoms with Crippen molar-refractivity contribution in [1.29, 1.82) is 0 Å². The Hall–Kier alpha value is -3.76. The molecule has 0 bridgehead atoms. The minimum atomic E-state index is -5.17. The van der Waals surface area contributed by atoms with Crippen LogP contribution in [0.4, 0.5) is 3.89 Å². The summed E-state index contributed by atoms with van der Waals surface area (Å²) in [5.41, 5.74) is 2.85. The van der Waals surface area contributed by atoms with E-state index in [1.54, 1.807) is 32.4 Å². The van der Waals surface area contributed by atoms with Crippen molar-refractivity contribution < 1.29 is 36.2 Å². The van der Waals surface area contributed by atoms with Gasteiger partial charge in [-0.05, 0) is 11.6 Å². The zero-order chi connectivity index (χ0) is 23.5. The Balaban J connectivity index is 0.000000523. The lowest BCUT2D eigenvalue weighted by Gasteiger charge is -2.18. The fraction of sp³-hybridized carbons (Fsp3) is 0.0909. The SMILES string of the molecule is COc1cc2nc3ccccc3c(C(=O)O)c2c(-c2ccccc2)c1OC.O=S(=O)(O)F. The molecule has 166 valence electrons. The number of methoxy groups -OCH3 is 2. The first kappa shape index (κ1) is 22.9. The Bertz CT molecular complexity index is 1400. The summed E-state index contributed by atoms with van der Waals surface area (Å²) in [5, 5.41) is 11.2. The van der Waals surface area contributed by atoms with Gasteiger partial charge in [-0.2, -0.15) is 8.42 Å². The Morgan fingerprint density at radius 2 is 1.56 bits per heavy atom. The van der Waals surface area contributed by atoms with Gasteiger partial charge in [-0.3, -0.25) is 4.55 Å². The largest absolute Gasteiger partial charge is 0.493 e. The molecule has 0 saturated heterocycles. The number of pyridine rings is 1. The van der Waals surface area contributed by atoms with Gasteiger partial charge in [0.15, 0.2) is 11.5 Å². The van der Waals surface area contributed by atoms with Crippen molar-refractivity contribution >= 4 is 38.3 Å². The number of nitrogens with zero attached hydrogens (tertiary/aromatic N) is 1. The van der Waals surface area contributed by atoms with Crippen LogP contribution in [0.1, 0.15) is 10.4 Å². The number of ether oxygens (including phenoxy) is 2. The van der Waals surface area contributed by atoms with E-state index in [1.165, 1.54) is 0 Å². The first-order valence-electron chi connectivity index (χ1n) is 9.09. The fourth-order valence-electron chi connectivity index (χ4n) is 3.47. The molecule has 0 amide bonds. The van der Waals surface area contributed by atoms with Gasteiger partial charge in [-0.15, -0.1) is 0 Å². The van der Waals surface area contributed by atoms with Crippen molar-refractivity contribution in [2.45, 2.75) is 0 Å². The summed E-state index contributed by atoms with van der Waals surface area (Å²) >= 11 is 0. The summed E-state index contributed by atoms with van der Waals surface area (Å²) in [7, 11) is -2.07. The smallest absolute Gasteiger partial charge is 0.435 e. The van der Waals surface area contributed by atoms with E-state index in [1.807, 2.05) is 42.5 Å². The number of halogens is 1. The number of aromatic carboxylic acids is 1. The second kappa shape index (κ2) is 9.16. The highest BCUT2D eigenvalue weighted by Crippen LogP contribution is 2.45. The third-order valence-corrected chi connectivity index (χ3v) is 4.59. The molecular formula is C22H18FNO7S. The van der Waals surface area contributed by atoms with Gasteiger partial charge in [0, 0.05) is 22.4 Å². The van der Waals surface area contributed by atoms with Gasteiger partial charge in [0.1, 0.15) is 0 Å². The van der Waals surface area contributed by atoms with Crippen LogP contribution in [-0.2, 0) is 10.5 Å². The Morgan fingerprint density at radius 1 is 0.969 bits per heavy atom. The van der Waals surface area contributed by atoms with E-state index in [2.05, 4.69) is 0 Å². The Morgan fingerprint density at radius 3 is 2.12 bits per heavy atom. The lowest BCUT2D eigenvalue weighted by molar-refractivity contribution is 0.0701. The molecule has 0 saturated carbocycles. The summed E-state index contributed by atoms with van der Waals surface area (Å²) in [5.74, 6) is -0.0262. The fourth-order valence-corrected chi connectivity index (χ4v) is 3.47. The van der Waals surface area contributed by atoms with Crippen LogP contribution in [0.3, 0.4) is 0 Å². The van der Waals surface area contributed by atoms with E-state index in [-0.39, 0.29) is 5.56 Å². The van der Waals surface area contributed by atoms with Crippen LogP contribution >= 0.6 is 0 Å². The highest BCUT2D eigenvalue weighted by atomic mass is 32.3. The van der Waals surface area contributed by atoms with Crippen molar-refractivity contribution in [3.63, 3.8) is 0 Å². The minimum absolute atomic E-state index is 0.204. The van der Waals surface area contributed by atoms with Gasteiger partial charge < -0.3 is 14.6 Å². The van der Waals surface area contributed by atoms with Gasteiger partial charge in [-0.1, -0.05) is 52.4 Å². The van der Waals surface area contributed by atoms with E-state index >= 15 is 0 Å². The van der Waals surface area contributed by atoms with Crippen LogP contribution in [-0.4, -0.2) is 43.2 Å². The molecule has 1 aromatic heterocycles. The molecule has 32 heavy (non-hydrogen) atoms. The van der Waals surface area contributed by atoms with Crippen LogP contribution in [0.5, 0.6) is 11.5 Å². The van der Waals surface area contributed by atoms with Gasteiger partial charge in [0.2, 0.25) is 0 Å². The first-order valence-corrected chi connectivity index (χ1v) is 10.4. The molecule has 0 atom stereocenters. The molecule has 0 radical (unpaired) electrons. The van der Waals surface area contributed by atoms with Crippen molar-refractivity contribution in [3.8, 4) is 22.6 Å². The number of fused-ring (bicyclic) bond motifs is 2. The van der Waals surface area contributed by atoms with Crippen molar-refractivity contribution in [2.24, 2.45) is 0 Å². The first-order chi connectivity index (χ1) is 15.2. The minimum Gasteiger partial charge on any atom is -0.493 e. The number of carboxylic acids is 1. The molecular weight excluding hydrogens is 441 g/mol. The number of carboxylic acid groups (broad SMARTS) is 1. The molecule has 1 heterocycles. The van der Waals surface area contributed by atoms with Crippen LogP contribution < -0.4 is 9.47 Å². The highest BCUT2D eigenvalue weighted by Gasteiger charge is 2.24. The zero-order valence-electron chi connectivity index (χ0n) is 16.9. The number of carbonyl (C=O) groups is 1. The molecule has 0 aliphatic carbocycles. The van der Waals surface area contributed by atoms with E-state index in [0.29, 0.717) is 38.9 Å². The highest BCUT2D eigenvalue weighted by molar-refractivity contribution is 7.80. The molecule has 0 fully saturated rings. The second-order valence-electron chi connectivity index (χ2n) is 6.47. The molecule has 0 unspecified atom stereocenters. The molecule has 0 aliphatic heterocycles. The number of rotatable bonds is 4. The standard InChI is InChI=1S/C22H17NO4.FHO3S/c1-26-17-12-16-20(18(21(17)27-2)13-8-4-3-5-9-13)19(22(24)25)14-10-6-7-11-15(14)23-16;1-5(2,3)4/h3-12H,1-2H3,(H,24,25);(H,2,3,4). The lowest BCUT2D eigenvalue weighted by atomic mass is 9.93. The van der Waals surface area contributed by atoms with Gasteiger partial charge >= 0.3 is 16.5 Å². The van der Waals surface area contributed by atoms with Crippen molar-refractivity contribution in [1.82, 2.24) is 4.98 Å². The van der Waals surface area contributed by atoms with Crippen molar-refractivity contribution in [2.75, 3.05) is 14.2 Å². The van der Waals surface area contributed by atoms with Crippen LogP contribution in [0, 0.1) is 0 Å². The van der Waals surface area contributed by atoms with Crippen LogP contribution in [0.15, 0.2) is 60.7 Å². The molecule has 3 aromatic carbocycles. The molecule has 4 aromatic rings. The maximum atomic E-state index is 12.3. The van der Waals surface area contributed by atoms with Crippen molar-refractivity contribution in [3.05, 3.63) is 66.2 Å². The Kier molecular flexibility index (Phi) is 6.56. The maximum Gasteiger partial charge on any atom is 0.435 e. The second-order valence-corrected chi connectivity index (χ2v) is 7.29. The summed E-state index contributed by atoms with van der Waals surface area (Å²) in [6.45, 7) is 0. The third-order valence-electron chi connectivity index (χ3n) is 4.59.